The van der Waals surface area contributed by atoms with E-state index in [1.54, 1.807) is 39.8 Å². The second-order valence-electron chi connectivity index (χ2n) is 18.2. The maximum Gasteiger partial charge on any atom is 0.312 e. The molecule has 1 saturated heterocycles. The van der Waals surface area contributed by atoms with E-state index in [1.807, 2.05) is 23.2 Å². The van der Waals surface area contributed by atoms with Crippen molar-refractivity contribution in [2.75, 3.05) is 45.2 Å². The summed E-state index contributed by atoms with van der Waals surface area (Å²) in [6.45, 7) is 16.1. The Bertz CT molecular complexity index is 2430. The Morgan fingerprint density at radius 3 is 2.27 bits per heavy atom. The van der Waals surface area contributed by atoms with Crippen LogP contribution >= 0.6 is 0 Å². The molecule has 16 heteroatoms. The first-order valence-corrected chi connectivity index (χ1v) is 22.9. The van der Waals surface area contributed by atoms with Crippen molar-refractivity contribution in [3.8, 4) is 23.0 Å². The number of phenols is 3. The summed E-state index contributed by atoms with van der Waals surface area (Å²) in [5.41, 5.74) is 0.936. The molecule has 0 aromatic heterocycles. The van der Waals surface area contributed by atoms with Crippen molar-refractivity contribution in [3.05, 3.63) is 88.7 Å². The van der Waals surface area contributed by atoms with Crippen molar-refractivity contribution in [2.24, 2.45) is 28.8 Å². The number of aryl methyl sites for hydroxylation is 1. The van der Waals surface area contributed by atoms with Gasteiger partial charge in [0, 0.05) is 87.3 Å². The van der Waals surface area contributed by atoms with Gasteiger partial charge < -0.3 is 49.8 Å². The summed E-state index contributed by atoms with van der Waals surface area (Å²) in [7, 11) is 1.44. The second kappa shape index (κ2) is 21.3. The van der Waals surface area contributed by atoms with E-state index in [0.717, 1.165) is 32.5 Å². The number of nitrogens with one attached hydrogen (secondary N) is 1. The number of anilines is 1. The van der Waals surface area contributed by atoms with Crippen LogP contribution in [0.15, 0.2) is 71.6 Å². The molecule has 1 fully saturated rings. The van der Waals surface area contributed by atoms with Gasteiger partial charge in [0.25, 0.3) is 11.7 Å². The number of phenolic OH excluding ortho intramolecular Hbond substituents is 3. The number of rotatable bonds is 8. The molecule has 0 saturated carbocycles. The molecular weight excluding hydrogens is 861 g/mol. The number of aromatic hydroxyl groups is 3. The molecular formula is C51H66N4O12. The number of esters is 1. The molecule has 0 spiro atoms. The Hall–Kier alpha value is -5.94. The lowest BCUT2D eigenvalue weighted by atomic mass is 9.78. The zero-order valence-corrected chi connectivity index (χ0v) is 39.9. The topological polar surface area (TPSA) is 220 Å². The first-order valence-electron chi connectivity index (χ1n) is 22.9. The number of piperazine rings is 1. The van der Waals surface area contributed by atoms with E-state index in [-0.39, 0.29) is 44.5 Å². The number of ether oxygens (including phenoxy) is 4. The first kappa shape index (κ1) is 50.5. The summed E-state index contributed by atoms with van der Waals surface area (Å²) in [4.78, 5) is 43.2. The third-order valence-corrected chi connectivity index (χ3v) is 13.5. The summed E-state index contributed by atoms with van der Waals surface area (Å²) in [5, 5.41) is 67.7. The number of benzene rings is 3. The number of aliphatic hydroxyl groups excluding tert-OH is 2. The lowest BCUT2D eigenvalue weighted by Crippen LogP contribution is -2.46. The summed E-state index contributed by atoms with van der Waals surface area (Å²) in [5.74, 6) is -8.38. The molecule has 0 radical (unpaired) electrons. The van der Waals surface area contributed by atoms with E-state index < -0.39 is 88.8 Å². The number of ketones is 1. The zero-order valence-electron chi connectivity index (χ0n) is 39.9. The highest BCUT2D eigenvalue weighted by atomic mass is 16.7. The molecule has 0 aliphatic carbocycles. The number of Topliss-reactive ketones (excluding diaryl/α,β-unsaturated/α-hetero) is 1. The van der Waals surface area contributed by atoms with Crippen molar-refractivity contribution >= 4 is 40.3 Å². The number of aliphatic hydroxyl groups is 2. The van der Waals surface area contributed by atoms with Crippen LogP contribution in [0.3, 0.4) is 0 Å². The van der Waals surface area contributed by atoms with Gasteiger partial charge >= 0.3 is 11.8 Å². The lowest BCUT2D eigenvalue weighted by molar-refractivity contribution is -0.160. The highest BCUT2D eigenvalue weighted by molar-refractivity contribution is 6.23. The molecule has 6 N–H and O–H groups in total. The number of carbonyl (C=O) groups is 3. The maximum absolute atomic E-state index is 14.6. The third-order valence-electron chi connectivity index (χ3n) is 13.5. The van der Waals surface area contributed by atoms with Gasteiger partial charge in [-0.2, -0.15) is 5.10 Å². The largest absolute Gasteiger partial charge is 0.507 e. The fourth-order valence-electron chi connectivity index (χ4n) is 9.24. The van der Waals surface area contributed by atoms with Crippen LogP contribution in [-0.2, 0) is 30.2 Å². The van der Waals surface area contributed by atoms with Gasteiger partial charge in [-0.05, 0) is 44.9 Å². The van der Waals surface area contributed by atoms with Gasteiger partial charge in [-0.15, -0.1) is 0 Å². The molecule has 16 nitrogen and oxygen atoms in total. The number of hydrogen-bond acceptors (Lipinski definition) is 15. The summed E-state index contributed by atoms with van der Waals surface area (Å²) < 4.78 is 23.8. The molecule has 4 aliphatic heterocycles. The average Bonchev–Trinajstić information content (AvgIpc) is 3.57. The Morgan fingerprint density at radius 2 is 1.61 bits per heavy atom. The number of allylic oxidation sites excluding steroid dienone is 2. The molecule has 3 aromatic rings. The predicted molar refractivity (Wildman–Crippen MR) is 254 cm³/mol. The van der Waals surface area contributed by atoms with Crippen molar-refractivity contribution < 1.29 is 58.9 Å². The fraction of sp³-hybridized carbons (Fsp3) is 0.490. The zero-order chi connectivity index (χ0) is 48.9. The van der Waals surface area contributed by atoms with Gasteiger partial charge in [-0.3, -0.25) is 24.3 Å². The Morgan fingerprint density at radius 1 is 0.925 bits per heavy atom. The van der Waals surface area contributed by atoms with Crippen molar-refractivity contribution in [1.29, 1.82) is 0 Å². The van der Waals surface area contributed by atoms with Crippen molar-refractivity contribution in [3.63, 3.8) is 0 Å². The molecule has 9 unspecified atom stereocenters. The number of carbonyl (C=O) groups excluding carboxylic acids is 3. The standard InChI is InChI=1S/C51H66N4O12/c1-28-15-13-16-29(2)50(63)53-41-36(27-52-55-24-22-54(23-25-55)21-14-19-35-17-11-10-12-18-35)45(60)38-39(46(41)61)44(59)33(6)48-40(38)49(62)51(8,67-48)65-26-20-37(64-9)30(3)47(66-34(7)56)32(5)43(58)31(4)42(28)57/h10-13,15-18,20,26-28,30-32,37,42-43,47,57-61H,14,19,21-25H2,1-9H3,(H,53,63)/b15-13+,26-20+,29-16+,52-27-. The summed E-state index contributed by atoms with van der Waals surface area (Å²) in [6.07, 6.45) is 6.87. The SMILES string of the molecule is COC1/C=C/OC2(C)Oc3c(C)c(O)c4c(O)c(c(/C=N\N5CCN(CCCc6ccccc6)CC5)c(O)c4c3C2=O)NC(=O)/C(C)=C/C=C/C(C)C(O)C(C)C(O)C(C)C(OC(C)=O)C1C. The van der Waals surface area contributed by atoms with E-state index in [9.17, 15) is 39.9 Å². The van der Waals surface area contributed by atoms with Crippen LogP contribution in [0, 0.1) is 30.6 Å². The lowest BCUT2D eigenvalue weighted by Gasteiger charge is -2.38. The minimum atomic E-state index is -2.06. The van der Waals surface area contributed by atoms with Gasteiger partial charge in [0.1, 0.15) is 23.4 Å². The van der Waals surface area contributed by atoms with Crippen LogP contribution in [-0.4, -0.2) is 129 Å². The molecule has 4 heterocycles. The molecule has 7 rings (SSSR count). The van der Waals surface area contributed by atoms with Crippen molar-refractivity contribution in [2.45, 2.75) is 98.4 Å². The molecule has 3 aromatic carbocycles. The van der Waals surface area contributed by atoms with E-state index in [4.69, 9.17) is 18.9 Å². The van der Waals surface area contributed by atoms with Crippen molar-refractivity contribution in [1.82, 2.24) is 9.91 Å². The number of fused-ring (bicyclic) bond motifs is 14. The Kier molecular flexibility index (Phi) is 16.1. The van der Waals surface area contributed by atoms with Gasteiger partial charge in [0.2, 0.25) is 0 Å². The minimum absolute atomic E-state index is 0.0552. The number of nitrogens with zero attached hydrogens (tertiary/aromatic N) is 3. The second-order valence-corrected chi connectivity index (χ2v) is 18.2. The predicted octanol–water partition coefficient (Wildman–Crippen LogP) is 6.34. The van der Waals surface area contributed by atoms with Gasteiger partial charge in [-0.25, -0.2) is 0 Å². The number of amides is 1. The molecule has 5 bridgehead atoms. The third kappa shape index (κ3) is 10.8. The average molecular weight is 927 g/mol. The van der Waals surface area contributed by atoms with E-state index in [0.29, 0.717) is 13.1 Å². The van der Waals surface area contributed by atoms with Crippen LogP contribution in [0.5, 0.6) is 23.0 Å². The molecule has 1 amide bonds. The summed E-state index contributed by atoms with van der Waals surface area (Å²) in [6, 6.07) is 10.3. The smallest absolute Gasteiger partial charge is 0.312 e. The van der Waals surface area contributed by atoms with Gasteiger partial charge in [0.05, 0.1) is 53.0 Å². The van der Waals surface area contributed by atoms with Crippen LogP contribution in [0.1, 0.15) is 81.9 Å². The highest BCUT2D eigenvalue weighted by Crippen LogP contribution is 2.55. The Labute approximate surface area is 392 Å². The molecule has 4 aliphatic rings. The number of hydrazone groups is 1. The first-order chi connectivity index (χ1) is 31.8. The summed E-state index contributed by atoms with van der Waals surface area (Å²) >= 11 is 0. The van der Waals surface area contributed by atoms with Crippen LogP contribution < -0.4 is 10.1 Å². The maximum atomic E-state index is 14.6. The monoisotopic (exact) mass is 926 g/mol. The van der Waals surface area contributed by atoms with Gasteiger partial charge in [-0.1, -0.05) is 76.3 Å². The van der Waals surface area contributed by atoms with Crippen LogP contribution in [0.2, 0.25) is 0 Å². The molecule has 362 valence electrons. The number of methoxy groups -OCH3 is 1. The fourth-order valence-corrected chi connectivity index (χ4v) is 9.24. The van der Waals surface area contributed by atoms with Gasteiger partial charge in [0.15, 0.2) is 5.75 Å². The van der Waals surface area contributed by atoms with E-state index in [2.05, 4.69) is 27.5 Å². The van der Waals surface area contributed by atoms with E-state index in [1.165, 1.54) is 65.0 Å². The highest BCUT2D eigenvalue weighted by Gasteiger charge is 2.50. The van der Waals surface area contributed by atoms with E-state index >= 15 is 0 Å². The quantitative estimate of drug-likeness (QED) is 0.0629. The molecule has 67 heavy (non-hydrogen) atoms. The Balaban J connectivity index is 1.41. The van der Waals surface area contributed by atoms with Crippen LogP contribution in [0.25, 0.3) is 10.8 Å². The number of hydrogen-bond donors (Lipinski definition) is 6. The molecule has 9 atom stereocenters. The normalized spacial score (nSPS) is 29.6. The minimum Gasteiger partial charge on any atom is -0.507 e. The van der Waals surface area contributed by atoms with Crippen LogP contribution in [0.4, 0.5) is 5.69 Å².